The van der Waals surface area contributed by atoms with E-state index in [0.29, 0.717) is 22.7 Å². The predicted octanol–water partition coefficient (Wildman–Crippen LogP) is 5.70. The third kappa shape index (κ3) is 10.3. The van der Waals surface area contributed by atoms with E-state index in [9.17, 15) is 14.0 Å². The maximum atomic E-state index is 12.9. The number of esters is 2. The molecule has 184 valence electrons. The standard InChI is InChI=1S/C21H25FN2O5.2C2H6/c1-13-10-24-19(23-5)18(20(26)29-21(2,3)4)16(13)11-28-17(25)12-27-15-8-6-14(22)7-9-15;2*1-2/h6-10H,11-12H2,1-5H3,(H,23,24);2*1-2H3. The molecule has 0 atom stereocenters. The first-order valence-electron chi connectivity index (χ1n) is 11.0. The molecule has 1 heterocycles. The Hall–Kier alpha value is -3.16. The summed E-state index contributed by atoms with van der Waals surface area (Å²) in [7, 11) is 1.64. The van der Waals surface area contributed by atoms with E-state index in [-0.39, 0.29) is 18.8 Å². The summed E-state index contributed by atoms with van der Waals surface area (Å²) in [6, 6.07) is 5.28. The van der Waals surface area contributed by atoms with Gasteiger partial charge in [0.05, 0.1) is 0 Å². The SMILES string of the molecule is CC.CC.CNc1ncc(C)c(COC(=O)COc2ccc(F)cc2)c1C(=O)OC(C)(C)C. The second-order valence-electron chi connectivity index (χ2n) is 7.30. The summed E-state index contributed by atoms with van der Waals surface area (Å²) in [6.07, 6.45) is 1.58. The van der Waals surface area contributed by atoms with Crippen LogP contribution in [0.15, 0.2) is 30.5 Å². The van der Waals surface area contributed by atoms with Crippen LogP contribution in [0.1, 0.15) is 70.0 Å². The van der Waals surface area contributed by atoms with Crippen molar-refractivity contribution >= 4 is 17.8 Å². The van der Waals surface area contributed by atoms with Gasteiger partial charge in [-0.1, -0.05) is 27.7 Å². The van der Waals surface area contributed by atoms with Gasteiger partial charge < -0.3 is 19.5 Å². The van der Waals surface area contributed by atoms with E-state index < -0.39 is 23.4 Å². The van der Waals surface area contributed by atoms with Crippen molar-refractivity contribution in [2.75, 3.05) is 19.0 Å². The van der Waals surface area contributed by atoms with Crippen LogP contribution in [0.5, 0.6) is 5.75 Å². The fourth-order valence-electron chi connectivity index (χ4n) is 2.44. The van der Waals surface area contributed by atoms with Crippen LogP contribution in [0, 0.1) is 12.7 Å². The predicted molar refractivity (Wildman–Crippen MR) is 128 cm³/mol. The van der Waals surface area contributed by atoms with Gasteiger partial charge in [0.2, 0.25) is 0 Å². The monoisotopic (exact) mass is 464 g/mol. The molecule has 1 N–H and O–H groups in total. The molecule has 8 heteroatoms. The number of anilines is 1. The molecule has 0 saturated carbocycles. The number of benzene rings is 1. The van der Waals surface area contributed by atoms with Crippen molar-refractivity contribution in [1.29, 1.82) is 0 Å². The Kier molecular flexibility index (Phi) is 13.4. The van der Waals surface area contributed by atoms with Gasteiger partial charge in [0.25, 0.3) is 0 Å². The summed E-state index contributed by atoms with van der Waals surface area (Å²) in [4.78, 5) is 29.0. The van der Waals surface area contributed by atoms with E-state index in [2.05, 4.69) is 10.3 Å². The Labute approximate surface area is 196 Å². The molecule has 0 radical (unpaired) electrons. The molecule has 0 unspecified atom stereocenters. The fraction of sp³-hybridized carbons (Fsp3) is 0.480. The van der Waals surface area contributed by atoms with E-state index in [1.807, 2.05) is 27.7 Å². The molecule has 0 aliphatic heterocycles. The Morgan fingerprint density at radius 2 is 1.64 bits per heavy atom. The van der Waals surface area contributed by atoms with Gasteiger partial charge in [-0.15, -0.1) is 0 Å². The van der Waals surface area contributed by atoms with E-state index in [0.717, 1.165) is 0 Å². The van der Waals surface area contributed by atoms with Gasteiger partial charge in [0.15, 0.2) is 6.61 Å². The van der Waals surface area contributed by atoms with E-state index in [1.165, 1.54) is 24.3 Å². The number of hydrogen-bond acceptors (Lipinski definition) is 7. The average molecular weight is 465 g/mol. The lowest BCUT2D eigenvalue weighted by molar-refractivity contribution is -0.147. The number of pyridine rings is 1. The molecule has 0 aliphatic carbocycles. The van der Waals surface area contributed by atoms with Crippen molar-refractivity contribution in [3.05, 3.63) is 53.0 Å². The number of ether oxygens (including phenoxy) is 3. The highest BCUT2D eigenvalue weighted by atomic mass is 19.1. The molecule has 0 aliphatic rings. The van der Waals surface area contributed by atoms with Gasteiger partial charge in [0, 0.05) is 18.8 Å². The zero-order valence-corrected chi connectivity index (χ0v) is 21.2. The van der Waals surface area contributed by atoms with Gasteiger partial charge >= 0.3 is 11.9 Å². The van der Waals surface area contributed by atoms with Gasteiger partial charge in [-0.25, -0.2) is 19.0 Å². The summed E-state index contributed by atoms with van der Waals surface area (Å²) in [5, 5.41) is 2.86. The zero-order chi connectivity index (χ0) is 25.6. The lowest BCUT2D eigenvalue weighted by atomic mass is 10.0. The highest BCUT2D eigenvalue weighted by Gasteiger charge is 2.25. The molecule has 1 aromatic heterocycles. The second kappa shape index (κ2) is 14.8. The van der Waals surface area contributed by atoms with Gasteiger partial charge in [-0.3, -0.25) is 0 Å². The summed E-state index contributed by atoms with van der Waals surface area (Å²) in [5.74, 6) is -0.921. The molecule has 0 spiro atoms. The number of aryl methyl sites for hydroxylation is 1. The molecule has 0 amide bonds. The van der Waals surface area contributed by atoms with Crippen LogP contribution in [-0.4, -0.2) is 36.2 Å². The van der Waals surface area contributed by atoms with Crippen molar-refractivity contribution in [3.8, 4) is 5.75 Å². The molecule has 0 fully saturated rings. The Morgan fingerprint density at radius 1 is 1.06 bits per heavy atom. The number of hydrogen-bond donors (Lipinski definition) is 1. The summed E-state index contributed by atoms with van der Waals surface area (Å²) in [6.45, 7) is 14.6. The molecule has 0 bridgehead atoms. The maximum absolute atomic E-state index is 12.9. The van der Waals surface area contributed by atoms with Crippen LogP contribution in [0.4, 0.5) is 10.2 Å². The van der Waals surface area contributed by atoms with Crippen LogP contribution in [0.2, 0.25) is 0 Å². The highest BCUT2D eigenvalue weighted by molar-refractivity contribution is 5.97. The quantitative estimate of drug-likeness (QED) is 0.526. The number of carbonyl (C=O) groups is 2. The summed E-state index contributed by atoms with van der Waals surface area (Å²) >= 11 is 0. The van der Waals surface area contributed by atoms with Crippen molar-refractivity contribution < 1.29 is 28.2 Å². The van der Waals surface area contributed by atoms with Gasteiger partial charge in [0.1, 0.15) is 35.2 Å². The largest absolute Gasteiger partial charge is 0.482 e. The van der Waals surface area contributed by atoms with Crippen molar-refractivity contribution in [3.63, 3.8) is 0 Å². The maximum Gasteiger partial charge on any atom is 0.344 e. The first-order valence-corrected chi connectivity index (χ1v) is 11.0. The highest BCUT2D eigenvalue weighted by Crippen LogP contribution is 2.25. The molecule has 0 saturated heterocycles. The van der Waals surface area contributed by atoms with Crippen molar-refractivity contribution in [2.24, 2.45) is 0 Å². The Bertz CT molecular complexity index is 878. The molecular weight excluding hydrogens is 427 g/mol. The Balaban J connectivity index is 0.00000242. The number of rotatable bonds is 7. The van der Waals surface area contributed by atoms with Crippen LogP contribution in [-0.2, 0) is 20.9 Å². The molecule has 7 nitrogen and oxygen atoms in total. The number of nitrogens with one attached hydrogen (secondary N) is 1. The van der Waals surface area contributed by atoms with E-state index in [4.69, 9.17) is 14.2 Å². The topological polar surface area (TPSA) is 86.8 Å². The van der Waals surface area contributed by atoms with E-state index >= 15 is 0 Å². The summed E-state index contributed by atoms with van der Waals surface area (Å²) in [5.41, 5.74) is 0.698. The van der Waals surface area contributed by atoms with Crippen LogP contribution in [0.25, 0.3) is 0 Å². The first-order chi connectivity index (χ1) is 15.6. The van der Waals surface area contributed by atoms with E-state index in [1.54, 1.807) is 40.9 Å². The van der Waals surface area contributed by atoms with Crippen molar-refractivity contribution in [1.82, 2.24) is 4.98 Å². The number of carbonyl (C=O) groups excluding carboxylic acids is 2. The van der Waals surface area contributed by atoms with Crippen LogP contribution in [0.3, 0.4) is 0 Å². The normalized spacial score (nSPS) is 10.0. The molecule has 2 rings (SSSR count). The fourth-order valence-corrected chi connectivity index (χ4v) is 2.44. The number of aromatic nitrogens is 1. The minimum atomic E-state index is -0.692. The molecule has 2 aromatic rings. The average Bonchev–Trinajstić information content (AvgIpc) is 2.79. The third-order valence-corrected chi connectivity index (χ3v) is 3.79. The smallest absolute Gasteiger partial charge is 0.344 e. The van der Waals surface area contributed by atoms with Crippen molar-refractivity contribution in [2.45, 2.75) is 67.6 Å². The Morgan fingerprint density at radius 3 is 2.15 bits per heavy atom. The molecular formula is C25H37FN2O5. The lowest BCUT2D eigenvalue weighted by Crippen LogP contribution is -2.26. The summed E-state index contributed by atoms with van der Waals surface area (Å²) < 4.78 is 28.9. The lowest BCUT2D eigenvalue weighted by Gasteiger charge is -2.22. The number of nitrogens with zero attached hydrogens (tertiary/aromatic N) is 1. The first kappa shape index (κ1) is 29.8. The number of halogens is 1. The van der Waals surface area contributed by atoms with Crippen LogP contribution < -0.4 is 10.1 Å². The molecule has 1 aromatic carbocycles. The molecule has 33 heavy (non-hydrogen) atoms. The van der Waals surface area contributed by atoms with Gasteiger partial charge in [-0.05, 0) is 57.5 Å². The minimum Gasteiger partial charge on any atom is -0.482 e. The van der Waals surface area contributed by atoms with Gasteiger partial charge in [-0.2, -0.15) is 0 Å². The van der Waals surface area contributed by atoms with Crippen LogP contribution >= 0.6 is 0 Å². The zero-order valence-electron chi connectivity index (χ0n) is 21.2. The third-order valence-electron chi connectivity index (χ3n) is 3.79. The minimum absolute atomic E-state index is 0.150. The second-order valence-corrected chi connectivity index (χ2v) is 7.30.